The largest absolute Gasteiger partial charge is 0.419 e. The van der Waals surface area contributed by atoms with Crippen LogP contribution in [0.15, 0.2) is 18.2 Å². The zero-order valence-corrected chi connectivity index (χ0v) is 11.4. The second kappa shape index (κ2) is 5.72. The first-order valence-electron chi connectivity index (χ1n) is 6.95. The smallest absolute Gasteiger partial charge is 0.327 e. The van der Waals surface area contributed by atoms with Gasteiger partial charge in [0.25, 0.3) is 0 Å². The number of hydrogen-bond acceptors (Lipinski definition) is 1. The van der Waals surface area contributed by atoms with Crippen LogP contribution in [0.5, 0.6) is 0 Å². The van der Waals surface area contributed by atoms with Gasteiger partial charge >= 0.3 is 6.18 Å². The Bertz CT molecular complexity index is 469. The molecule has 2 rings (SSSR count). The highest BCUT2D eigenvalue weighted by molar-refractivity contribution is 5.31. The number of halogens is 4. The average Bonchev–Trinajstić information content (AvgIpc) is 2.39. The summed E-state index contributed by atoms with van der Waals surface area (Å²) in [4.78, 5) is 0. The van der Waals surface area contributed by atoms with Crippen LogP contribution in [0, 0.1) is 11.7 Å². The van der Waals surface area contributed by atoms with Crippen LogP contribution < -0.4 is 5.73 Å². The van der Waals surface area contributed by atoms with Crippen LogP contribution in [0.25, 0.3) is 0 Å². The predicted octanol–water partition coefficient (Wildman–Crippen LogP) is 4.47. The third kappa shape index (κ3) is 3.14. The molecule has 1 aliphatic rings. The summed E-state index contributed by atoms with van der Waals surface area (Å²) in [5.74, 6) is -0.854. The summed E-state index contributed by atoms with van der Waals surface area (Å²) in [6.45, 7) is 2.07. The molecule has 112 valence electrons. The van der Waals surface area contributed by atoms with Gasteiger partial charge < -0.3 is 5.73 Å². The van der Waals surface area contributed by atoms with E-state index in [1.54, 1.807) is 0 Å². The fourth-order valence-electron chi connectivity index (χ4n) is 3.03. The van der Waals surface area contributed by atoms with Crippen molar-refractivity contribution in [3.63, 3.8) is 0 Å². The van der Waals surface area contributed by atoms with E-state index in [2.05, 4.69) is 6.92 Å². The van der Waals surface area contributed by atoms with Crippen molar-refractivity contribution in [2.24, 2.45) is 11.7 Å². The minimum atomic E-state index is -4.66. The van der Waals surface area contributed by atoms with Crippen LogP contribution >= 0.6 is 0 Å². The number of nitrogens with two attached hydrogens (primary N) is 1. The summed E-state index contributed by atoms with van der Waals surface area (Å²) in [5.41, 5.74) is 5.36. The monoisotopic (exact) mass is 289 g/mol. The van der Waals surface area contributed by atoms with Crippen LogP contribution in [0.2, 0.25) is 0 Å². The minimum absolute atomic E-state index is 0.115. The second-order valence-electron chi connectivity index (χ2n) is 5.59. The van der Waals surface area contributed by atoms with E-state index in [1.807, 2.05) is 0 Å². The summed E-state index contributed by atoms with van der Waals surface area (Å²) in [5, 5.41) is 0. The molecule has 0 heterocycles. The van der Waals surface area contributed by atoms with Gasteiger partial charge in [-0.05, 0) is 48.8 Å². The fourth-order valence-corrected chi connectivity index (χ4v) is 3.03. The molecule has 1 aliphatic carbocycles. The molecule has 0 radical (unpaired) electrons. The molecule has 0 bridgehead atoms. The Morgan fingerprint density at radius 2 is 1.95 bits per heavy atom. The standard InChI is InChI=1S/C15H19F4N/c1-2-9-3-6-14(20)11(7-9)10-4-5-13(16)12(8-10)15(17,18)19/h4-5,8-9,11,14H,2-3,6-7,20H2,1H3. The van der Waals surface area contributed by atoms with E-state index in [-0.39, 0.29) is 12.0 Å². The maximum atomic E-state index is 13.3. The van der Waals surface area contributed by atoms with E-state index in [0.717, 1.165) is 37.8 Å². The average molecular weight is 289 g/mol. The van der Waals surface area contributed by atoms with Gasteiger partial charge in [-0.15, -0.1) is 0 Å². The van der Waals surface area contributed by atoms with E-state index in [9.17, 15) is 17.6 Å². The van der Waals surface area contributed by atoms with E-state index < -0.39 is 17.6 Å². The van der Waals surface area contributed by atoms with Gasteiger partial charge in [-0.2, -0.15) is 13.2 Å². The molecule has 1 saturated carbocycles. The molecule has 0 amide bonds. The number of rotatable bonds is 2. The van der Waals surface area contributed by atoms with Crippen molar-refractivity contribution in [3.8, 4) is 0 Å². The van der Waals surface area contributed by atoms with Crippen molar-refractivity contribution in [2.75, 3.05) is 0 Å². The third-order valence-corrected chi connectivity index (χ3v) is 4.31. The molecule has 3 unspecified atom stereocenters. The van der Waals surface area contributed by atoms with E-state index >= 15 is 0 Å². The summed E-state index contributed by atoms with van der Waals surface area (Å²) in [7, 11) is 0. The highest BCUT2D eigenvalue weighted by Crippen LogP contribution is 2.39. The van der Waals surface area contributed by atoms with E-state index in [0.29, 0.717) is 11.5 Å². The lowest BCUT2D eigenvalue weighted by atomic mass is 9.74. The molecule has 5 heteroatoms. The van der Waals surface area contributed by atoms with Crippen LogP contribution in [0.1, 0.15) is 49.7 Å². The molecular weight excluding hydrogens is 270 g/mol. The lowest BCUT2D eigenvalue weighted by Crippen LogP contribution is -2.34. The Labute approximate surface area is 116 Å². The van der Waals surface area contributed by atoms with Gasteiger partial charge in [-0.25, -0.2) is 4.39 Å². The highest BCUT2D eigenvalue weighted by Gasteiger charge is 2.36. The van der Waals surface area contributed by atoms with E-state index in [4.69, 9.17) is 5.73 Å². The summed E-state index contributed by atoms with van der Waals surface area (Å²) < 4.78 is 51.6. The molecule has 1 aromatic rings. The normalized spacial score (nSPS) is 27.6. The molecule has 20 heavy (non-hydrogen) atoms. The summed E-state index contributed by atoms with van der Waals surface area (Å²) >= 11 is 0. The third-order valence-electron chi connectivity index (χ3n) is 4.31. The first-order valence-corrected chi connectivity index (χ1v) is 6.95. The van der Waals surface area contributed by atoms with Crippen molar-refractivity contribution < 1.29 is 17.6 Å². The van der Waals surface area contributed by atoms with Gasteiger partial charge in [0.15, 0.2) is 0 Å². The van der Waals surface area contributed by atoms with Crippen LogP contribution in [-0.2, 0) is 6.18 Å². The predicted molar refractivity (Wildman–Crippen MR) is 69.8 cm³/mol. The van der Waals surface area contributed by atoms with Crippen LogP contribution in [0.3, 0.4) is 0 Å². The van der Waals surface area contributed by atoms with Crippen molar-refractivity contribution >= 4 is 0 Å². The van der Waals surface area contributed by atoms with Gasteiger partial charge in [0, 0.05) is 6.04 Å². The van der Waals surface area contributed by atoms with E-state index in [1.165, 1.54) is 6.07 Å². The van der Waals surface area contributed by atoms with Gasteiger partial charge in [0.2, 0.25) is 0 Å². The Morgan fingerprint density at radius 3 is 2.55 bits per heavy atom. The van der Waals surface area contributed by atoms with Gasteiger partial charge in [0.05, 0.1) is 5.56 Å². The first-order chi connectivity index (χ1) is 9.32. The second-order valence-corrected chi connectivity index (χ2v) is 5.59. The zero-order chi connectivity index (χ0) is 14.9. The number of alkyl halides is 3. The van der Waals surface area contributed by atoms with Crippen molar-refractivity contribution in [3.05, 3.63) is 35.1 Å². The maximum absolute atomic E-state index is 13.3. The molecule has 2 N–H and O–H groups in total. The molecule has 0 aromatic heterocycles. The lowest BCUT2D eigenvalue weighted by molar-refractivity contribution is -0.140. The first kappa shape index (κ1) is 15.3. The SMILES string of the molecule is CCC1CCC(N)C(c2ccc(F)c(C(F)(F)F)c2)C1. The Morgan fingerprint density at radius 1 is 1.25 bits per heavy atom. The zero-order valence-electron chi connectivity index (χ0n) is 11.4. The molecule has 0 saturated heterocycles. The number of benzene rings is 1. The molecule has 0 aliphatic heterocycles. The number of hydrogen-bond donors (Lipinski definition) is 1. The maximum Gasteiger partial charge on any atom is 0.419 e. The van der Waals surface area contributed by atoms with Crippen LogP contribution in [-0.4, -0.2) is 6.04 Å². The Hall–Kier alpha value is -1.10. The van der Waals surface area contributed by atoms with Crippen molar-refractivity contribution in [1.29, 1.82) is 0 Å². The quantitative estimate of drug-likeness (QED) is 0.799. The lowest BCUT2D eigenvalue weighted by Gasteiger charge is -2.34. The Kier molecular flexibility index (Phi) is 4.37. The molecule has 3 atom stereocenters. The molecule has 1 nitrogen and oxygen atoms in total. The van der Waals surface area contributed by atoms with Gasteiger partial charge in [-0.1, -0.05) is 19.4 Å². The topological polar surface area (TPSA) is 26.0 Å². The summed E-state index contributed by atoms with van der Waals surface area (Å²) in [6, 6.07) is 3.12. The fraction of sp³-hybridized carbons (Fsp3) is 0.600. The van der Waals surface area contributed by atoms with Crippen molar-refractivity contribution in [1.82, 2.24) is 0 Å². The molecule has 1 fully saturated rings. The summed E-state index contributed by atoms with van der Waals surface area (Å²) in [6.07, 6.45) is -1.07. The molecule has 0 spiro atoms. The minimum Gasteiger partial charge on any atom is -0.327 e. The van der Waals surface area contributed by atoms with Gasteiger partial charge in [0.1, 0.15) is 5.82 Å². The van der Waals surface area contributed by atoms with Crippen LogP contribution in [0.4, 0.5) is 17.6 Å². The van der Waals surface area contributed by atoms with Crippen molar-refractivity contribution in [2.45, 2.75) is 50.7 Å². The Balaban J connectivity index is 2.32. The highest BCUT2D eigenvalue weighted by atomic mass is 19.4. The molecular formula is C15H19F4N. The molecule has 1 aromatic carbocycles. The van der Waals surface area contributed by atoms with Gasteiger partial charge in [-0.3, -0.25) is 0 Å².